The van der Waals surface area contributed by atoms with Crippen LogP contribution in [0.4, 0.5) is 10.5 Å². The van der Waals surface area contributed by atoms with E-state index in [4.69, 9.17) is 4.74 Å². The van der Waals surface area contributed by atoms with E-state index in [1.165, 1.54) is 4.31 Å². The van der Waals surface area contributed by atoms with Gasteiger partial charge in [-0.1, -0.05) is 12.1 Å². The van der Waals surface area contributed by atoms with Gasteiger partial charge >= 0.3 is 12.0 Å². The summed E-state index contributed by atoms with van der Waals surface area (Å²) in [6.07, 6.45) is 0.524. The fourth-order valence-corrected chi connectivity index (χ4v) is 4.70. The van der Waals surface area contributed by atoms with Gasteiger partial charge in [0.2, 0.25) is 10.0 Å². The van der Waals surface area contributed by atoms with E-state index >= 15 is 0 Å². The second-order valence-electron chi connectivity index (χ2n) is 8.24. The van der Waals surface area contributed by atoms with E-state index in [0.717, 1.165) is 11.1 Å². The topological polar surface area (TPSA) is 122 Å². The molecule has 10 heteroatoms. The summed E-state index contributed by atoms with van der Waals surface area (Å²) >= 11 is 0. The van der Waals surface area contributed by atoms with Crippen molar-refractivity contribution in [3.8, 4) is 0 Å². The normalized spacial score (nSPS) is 12.9. The Morgan fingerprint density at radius 3 is 2.38 bits per heavy atom. The van der Waals surface area contributed by atoms with E-state index in [-0.39, 0.29) is 29.2 Å². The quantitative estimate of drug-likeness (QED) is 0.414. The standard InChI is InChI=1S/C24H29N3O6S/c1-4-34(31,32)27-12-11-19-13-20(9-10-21(19)27)22(28)15-33-23(29)18-7-5-17(6-8-18)14-25-24(30)26-16(2)3/h5-10,13,16H,4,11-12,14-15H2,1-3H3,(H2,25,26,30). The maximum atomic E-state index is 12.5. The average Bonchev–Trinajstić information content (AvgIpc) is 3.25. The number of nitrogens with zero attached hydrogens (tertiary/aromatic N) is 1. The average molecular weight is 488 g/mol. The van der Waals surface area contributed by atoms with Gasteiger partial charge in [-0.15, -0.1) is 0 Å². The Labute approximate surface area is 199 Å². The molecule has 0 aromatic heterocycles. The summed E-state index contributed by atoms with van der Waals surface area (Å²) in [5.41, 5.74) is 2.83. The molecule has 9 nitrogen and oxygen atoms in total. The van der Waals surface area contributed by atoms with Crippen LogP contribution in [0.1, 0.15) is 52.6 Å². The number of Topliss-reactive ketones (excluding diaryl/α,β-unsaturated/α-hetero) is 1. The van der Waals surface area contributed by atoms with Gasteiger partial charge in [0.05, 0.1) is 17.0 Å². The smallest absolute Gasteiger partial charge is 0.338 e. The highest BCUT2D eigenvalue weighted by Crippen LogP contribution is 2.31. The van der Waals surface area contributed by atoms with Crippen molar-refractivity contribution in [3.05, 3.63) is 64.7 Å². The van der Waals surface area contributed by atoms with E-state index in [2.05, 4.69) is 10.6 Å². The molecule has 0 bridgehead atoms. The molecule has 1 aliphatic heterocycles. The lowest BCUT2D eigenvalue weighted by Gasteiger charge is -2.18. The van der Waals surface area contributed by atoms with Gasteiger partial charge in [-0.2, -0.15) is 0 Å². The molecule has 0 spiro atoms. The number of nitrogens with one attached hydrogen (secondary N) is 2. The van der Waals surface area contributed by atoms with Crippen LogP contribution < -0.4 is 14.9 Å². The maximum Gasteiger partial charge on any atom is 0.338 e. The zero-order valence-corrected chi connectivity index (χ0v) is 20.3. The SMILES string of the molecule is CCS(=O)(=O)N1CCc2cc(C(=O)COC(=O)c3ccc(CNC(=O)NC(C)C)cc3)ccc21. The molecule has 182 valence electrons. The van der Waals surface area contributed by atoms with Crippen molar-refractivity contribution in [1.82, 2.24) is 10.6 Å². The third-order valence-corrected chi connectivity index (χ3v) is 7.13. The first-order chi connectivity index (χ1) is 16.1. The minimum Gasteiger partial charge on any atom is -0.454 e. The highest BCUT2D eigenvalue weighted by Gasteiger charge is 2.28. The molecular weight excluding hydrogens is 458 g/mol. The number of urea groups is 1. The summed E-state index contributed by atoms with van der Waals surface area (Å²) in [5, 5.41) is 5.44. The van der Waals surface area contributed by atoms with E-state index in [1.807, 2.05) is 13.8 Å². The first-order valence-corrected chi connectivity index (χ1v) is 12.7. The number of carbonyl (C=O) groups excluding carboxylic acids is 3. The number of carbonyl (C=O) groups is 3. The number of ether oxygens (including phenoxy) is 1. The number of esters is 1. The van der Waals surface area contributed by atoms with Gasteiger partial charge in [0, 0.05) is 24.7 Å². The minimum absolute atomic E-state index is 0.00797. The molecule has 2 amide bonds. The zero-order valence-electron chi connectivity index (χ0n) is 19.5. The first-order valence-electron chi connectivity index (χ1n) is 11.1. The Bertz CT molecular complexity index is 1180. The maximum absolute atomic E-state index is 12.5. The second kappa shape index (κ2) is 10.7. The summed E-state index contributed by atoms with van der Waals surface area (Å²) in [4.78, 5) is 36.5. The molecule has 1 aliphatic rings. The van der Waals surface area contributed by atoms with Crippen LogP contribution in [-0.2, 0) is 27.7 Å². The molecule has 0 atom stereocenters. The molecule has 0 fully saturated rings. The molecule has 2 aromatic rings. The number of hydrogen-bond donors (Lipinski definition) is 2. The highest BCUT2D eigenvalue weighted by atomic mass is 32.2. The van der Waals surface area contributed by atoms with Crippen molar-refractivity contribution >= 4 is 33.5 Å². The summed E-state index contributed by atoms with van der Waals surface area (Å²) in [6, 6.07) is 11.1. The summed E-state index contributed by atoms with van der Waals surface area (Å²) in [6.45, 7) is 5.56. The number of benzene rings is 2. The second-order valence-corrected chi connectivity index (χ2v) is 10.4. The highest BCUT2D eigenvalue weighted by molar-refractivity contribution is 7.92. The Hall–Kier alpha value is -3.40. The Kier molecular flexibility index (Phi) is 7.93. The molecule has 0 aliphatic carbocycles. The molecular formula is C24H29N3O6S. The summed E-state index contributed by atoms with van der Waals surface area (Å²) in [5.74, 6) is -0.995. The number of ketones is 1. The van der Waals surface area contributed by atoms with Gasteiger partial charge in [-0.3, -0.25) is 9.10 Å². The number of anilines is 1. The van der Waals surface area contributed by atoms with Crippen molar-refractivity contribution in [2.24, 2.45) is 0 Å². The largest absolute Gasteiger partial charge is 0.454 e. The van der Waals surface area contributed by atoms with Crippen LogP contribution in [0.25, 0.3) is 0 Å². The summed E-state index contributed by atoms with van der Waals surface area (Å²) < 4.78 is 30.9. The van der Waals surface area contributed by atoms with Gasteiger partial charge in [0.15, 0.2) is 12.4 Å². The number of amides is 2. The molecule has 0 saturated heterocycles. The third kappa shape index (κ3) is 6.13. The number of hydrogen-bond acceptors (Lipinski definition) is 6. The molecule has 0 saturated carbocycles. The Balaban J connectivity index is 1.54. The lowest BCUT2D eigenvalue weighted by Crippen LogP contribution is -2.39. The van der Waals surface area contributed by atoms with E-state index in [1.54, 1.807) is 49.4 Å². The van der Waals surface area contributed by atoms with Gasteiger partial charge in [0.1, 0.15) is 0 Å². The minimum atomic E-state index is -3.36. The summed E-state index contributed by atoms with van der Waals surface area (Å²) in [7, 11) is -3.36. The molecule has 1 heterocycles. The Morgan fingerprint density at radius 2 is 1.74 bits per heavy atom. The zero-order chi connectivity index (χ0) is 24.9. The number of fused-ring (bicyclic) bond motifs is 1. The van der Waals surface area contributed by atoms with Crippen molar-refractivity contribution < 1.29 is 27.5 Å². The van der Waals surface area contributed by atoms with Crippen LogP contribution in [0.5, 0.6) is 0 Å². The predicted octanol–water partition coefficient (Wildman–Crippen LogP) is 2.65. The van der Waals surface area contributed by atoms with E-state index < -0.39 is 22.6 Å². The monoisotopic (exact) mass is 487 g/mol. The van der Waals surface area contributed by atoms with Crippen molar-refractivity contribution in [2.45, 2.75) is 39.8 Å². The van der Waals surface area contributed by atoms with Crippen molar-refractivity contribution in [3.63, 3.8) is 0 Å². The fraction of sp³-hybridized carbons (Fsp3) is 0.375. The van der Waals surface area contributed by atoms with Crippen LogP contribution in [0.3, 0.4) is 0 Å². The van der Waals surface area contributed by atoms with Crippen LogP contribution >= 0.6 is 0 Å². The van der Waals surface area contributed by atoms with Gasteiger partial charge in [-0.05, 0) is 68.7 Å². The third-order valence-electron chi connectivity index (χ3n) is 5.35. The Morgan fingerprint density at radius 1 is 1.06 bits per heavy atom. The lowest BCUT2D eigenvalue weighted by molar-refractivity contribution is 0.0474. The van der Waals surface area contributed by atoms with Crippen LogP contribution in [-0.4, -0.2) is 51.1 Å². The van der Waals surface area contributed by atoms with E-state index in [9.17, 15) is 22.8 Å². The number of rotatable bonds is 9. The number of sulfonamides is 1. The lowest BCUT2D eigenvalue weighted by atomic mass is 10.1. The van der Waals surface area contributed by atoms with E-state index in [0.29, 0.717) is 30.8 Å². The molecule has 34 heavy (non-hydrogen) atoms. The molecule has 2 N–H and O–H groups in total. The van der Waals surface area contributed by atoms with Crippen LogP contribution in [0.2, 0.25) is 0 Å². The van der Waals surface area contributed by atoms with Gasteiger partial charge in [0.25, 0.3) is 0 Å². The predicted molar refractivity (Wildman–Crippen MR) is 129 cm³/mol. The van der Waals surface area contributed by atoms with Gasteiger partial charge in [-0.25, -0.2) is 18.0 Å². The van der Waals surface area contributed by atoms with Crippen LogP contribution in [0, 0.1) is 0 Å². The first kappa shape index (κ1) is 25.2. The molecule has 0 unspecified atom stereocenters. The van der Waals surface area contributed by atoms with Crippen LogP contribution in [0.15, 0.2) is 42.5 Å². The fourth-order valence-electron chi connectivity index (χ4n) is 3.54. The molecule has 0 radical (unpaired) electrons. The van der Waals surface area contributed by atoms with Crippen molar-refractivity contribution in [2.75, 3.05) is 23.2 Å². The van der Waals surface area contributed by atoms with Crippen molar-refractivity contribution in [1.29, 1.82) is 0 Å². The van der Waals surface area contributed by atoms with Gasteiger partial charge < -0.3 is 15.4 Å². The molecule has 2 aromatic carbocycles. The molecule has 3 rings (SSSR count).